The minimum absolute atomic E-state index is 0.224. The number of ether oxygens (including phenoxy) is 1. The van der Waals surface area contributed by atoms with E-state index >= 15 is 0 Å². The lowest BCUT2D eigenvalue weighted by atomic mass is 10.2. The summed E-state index contributed by atoms with van der Waals surface area (Å²) >= 11 is 0. The Morgan fingerprint density at radius 1 is 1.09 bits per heavy atom. The van der Waals surface area contributed by atoms with Crippen molar-refractivity contribution in [3.63, 3.8) is 0 Å². The van der Waals surface area contributed by atoms with Crippen molar-refractivity contribution in [1.82, 2.24) is 0 Å². The first-order valence-electron chi connectivity index (χ1n) is 7.12. The number of para-hydroxylation sites is 1. The van der Waals surface area contributed by atoms with Crippen molar-refractivity contribution in [2.45, 2.75) is 0 Å². The van der Waals surface area contributed by atoms with Crippen LogP contribution in [0.15, 0.2) is 72.5 Å². The Balaban J connectivity index is 1.75. The summed E-state index contributed by atoms with van der Waals surface area (Å²) < 4.78 is 19.1. The molecule has 1 heterocycles. The van der Waals surface area contributed by atoms with Gasteiger partial charge in [-0.2, -0.15) is 0 Å². The molecule has 2 aromatic rings. The fraction of sp³-hybridized carbons (Fsp3) is 0.111. The lowest BCUT2D eigenvalue weighted by Crippen LogP contribution is -2.21. The fourth-order valence-corrected chi connectivity index (χ4v) is 2.27. The molecular formula is C18H17FN2O. The van der Waals surface area contributed by atoms with Gasteiger partial charge in [-0.05, 0) is 42.0 Å². The maximum absolute atomic E-state index is 13.6. The van der Waals surface area contributed by atoms with E-state index in [1.54, 1.807) is 18.2 Å². The first-order valence-corrected chi connectivity index (χ1v) is 7.12. The van der Waals surface area contributed by atoms with Gasteiger partial charge in [0.05, 0.1) is 0 Å². The summed E-state index contributed by atoms with van der Waals surface area (Å²) in [7, 11) is 0. The summed E-state index contributed by atoms with van der Waals surface area (Å²) in [6, 6.07) is 13.9. The summed E-state index contributed by atoms with van der Waals surface area (Å²) in [6.07, 6.45) is 6.14. The molecule has 0 bridgehead atoms. The van der Waals surface area contributed by atoms with Gasteiger partial charge in [-0.1, -0.05) is 24.3 Å². The monoisotopic (exact) mass is 296 g/mol. The van der Waals surface area contributed by atoms with Crippen LogP contribution in [0, 0.1) is 5.82 Å². The second kappa shape index (κ2) is 6.45. The highest BCUT2D eigenvalue weighted by molar-refractivity contribution is 5.55. The van der Waals surface area contributed by atoms with E-state index in [0.717, 1.165) is 17.8 Å². The molecule has 0 aliphatic carbocycles. The van der Waals surface area contributed by atoms with Crippen LogP contribution in [-0.2, 0) is 0 Å². The van der Waals surface area contributed by atoms with Crippen molar-refractivity contribution in [3.8, 4) is 11.5 Å². The fourth-order valence-electron chi connectivity index (χ4n) is 2.27. The Morgan fingerprint density at radius 2 is 1.86 bits per heavy atom. The smallest absolute Gasteiger partial charge is 0.165 e. The largest absolute Gasteiger partial charge is 0.454 e. The molecule has 1 aliphatic heterocycles. The molecule has 0 spiro atoms. The molecule has 0 saturated heterocycles. The molecule has 0 saturated carbocycles. The van der Waals surface area contributed by atoms with Crippen molar-refractivity contribution in [2.75, 3.05) is 18.0 Å². The summed E-state index contributed by atoms with van der Waals surface area (Å²) in [6.45, 7) is 1.32. The second-order valence-corrected chi connectivity index (χ2v) is 4.99. The van der Waals surface area contributed by atoms with Crippen molar-refractivity contribution in [2.24, 2.45) is 5.73 Å². The number of rotatable bonds is 4. The molecule has 3 nitrogen and oxygen atoms in total. The van der Waals surface area contributed by atoms with Gasteiger partial charge in [0.25, 0.3) is 0 Å². The summed E-state index contributed by atoms with van der Waals surface area (Å²) in [5, 5.41) is 0. The van der Waals surface area contributed by atoms with Crippen LogP contribution in [0.4, 0.5) is 10.1 Å². The number of hydrogen-bond donors (Lipinski definition) is 1. The number of hydrogen-bond acceptors (Lipinski definition) is 3. The number of halogens is 1. The Kier molecular flexibility index (Phi) is 4.21. The third kappa shape index (κ3) is 3.18. The lowest BCUT2D eigenvalue weighted by Gasteiger charge is -2.23. The van der Waals surface area contributed by atoms with Gasteiger partial charge in [-0.15, -0.1) is 0 Å². The van der Waals surface area contributed by atoms with E-state index in [1.807, 2.05) is 36.5 Å². The first-order chi connectivity index (χ1) is 10.8. The van der Waals surface area contributed by atoms with E-state index in [2.05, 4.69) is 11.0 Å². The van der Waals surface area contributed by atoms with Gasteiger partial charge in [0.15, 0.2) is 11.6 Å². The molecule has 0 atom stereocenters. The molecule has 1 aliphatic rings. The van der Waals surface area contributed by atoms with E-state index < -0.39 is 0 Å². The zero-order valence-corrected chi connectivity index (χ0v) is 12.1. The van der Waals surface area contributed by atoms with Crippen LogP contribution in [0.1, 0.15) is 0 Å². The van der Waals surface area contributed by atoms with Crippen molar-refractivity contribution in [1.29, 1.82) is 0 Å². The van der Waals surface area contributed by atoms with E-state index in [-0.39, 0.29) is 11.6 Å². The van der Waals surface area contributed by atoms with Gasteiger partial charge in [0.1, 0.15) is 5.75 Å². The molecule has 4 heteroatoms. The van der Waals surface area contributed by atoms with Gasteiger partial charge in [0, 0.05) is 25.0 Å². The number of anilines is 1. The third-order valence-corrected chi connectivity index (χ3v) is 3.42. The maximum atomic E-state index is 13.6. The van der Waals surface area contributed by atoms with Crippen LogP contribution in [0.25, 0.3) is 0 Å². The highest BCUT2D eigenvalue weighted by atomic mass is 19.1. The third-order valence-electron chi connectivity index (χ3n) is 3.42. The Bertz CT molecular complexity index is 707. The maximum Gasteiger partial charge on any atom is 0.165 e. The summed E-state index contributed by atoms with van der Waals surface area (Å²) in [5.41, 5.74) is 7.79. The van der Waals surface area contributed by atoms with Crippen molar-refractivity contribution in [3.05, 3.63) is 78.3 Å². The van der Waals surface area contributed by atoms with Crippen LogP contribution in [-0.4, -0.2) is 13.1 Å². The minimum Gasteiger partial charge on any atom is -0.454 e. The molecule has 0 radical (unpaired) electrons. The zero-order valence-electron chi connectivity index (χ0n) is 12.1. The molecule has 0 amide bonds. The molecule has 2 aromatic carbocycles. The molecule has 22 heavy (non-hydrogen) atoms. The predicted octanol–water partition coefficient (Wildman–Crippen LogP) is 3.84. The quantitative estimate of drug-likeness (QED) is 0.931. The lowest BCUT2D eigenvalue weighted by molar-refractivity contribution is 0.442. The van der Waals surface area contributed by atoms with Gasteiger partial charge in [-0.25, -0.2) is 4.39 Å². The highest BCUT2D eigenvalue weighted by Gasteiger charge is 2.08. The van der Waals surface area contributed by atoms with Gasteiger partial charge < -0.3 is 15.4 Å². The number of benzene rings is 2. The zero-order chi connectivity index (χ0) is 15.4. The van der Waals surface area contributed by atoms with E-state index in [0.29, 0.717) is 12.3 Å². The van der Waals surface area contributed by atoms with Crippen LogP contribution < -0.4 is 15.4 Å². The predicted molar refractivity (Wildman–Crippen MR) is 86.5 cm³/mol. The van der Waals surface area contributed by atoms with Crippen molar-refractivity contribution >= 4 is 5.69 Å². The molecule has 2 N–H and O–H groups in total. The SMILES string of the molecule is NCC1=CN(c2ccc(Oc3ccccc3F)cc2)CC=C1. The molecular weight excluding hydrogens is 279 g/mol. The molecule has 112 valence electrons. The summed E-state index contributed by atoms with van der Waals surface area (Å²) in [5.74, 6) is 0.453. The Hall–Kier alpha value is -2.59. The van der Waals surface area contributed by atoms with Crippen LogP contribution in [0.5, 0.6) is 11.5 Å². The van der Waals surface area contributed by atoms with Crippen LogP contribution in [0.2, 0.25) is 0 Å². The average molecular weight is 296 g/mol. The Morgan fingerprint density at radius 3 is 2.59 bits per heavy atom. The number of nitrogens with zero attached hydrogens (tertiary/aromatic N) is 1. The van der Waals surface area contributed by atoms with Crippen LogP contribution in [0.3, 0.4) is 0 Å². The molecule has 0 unspecified atom stereocenters. The topological polar surface area (TPSA) is 38.5 Å². The van der Waals surface area contributed by atoms with Crippen molar-refractivity contribution < 1.29 is 9.13 Å². The minimum atomic E-state index is -0.372. The highest BCUT2D eigenvalue weighted by Crippen LogP contribution is 2.27. The number of nitrogens with two attached hydrogens (primary N) is 1. The van der Waals surface area contributed by atoms with Crippen LogP contribution >= 0.6 is 0 Å². The van der Waals surface area contributed by atoms with E-state index in [4.69, 9.17) is 10.5 Å². The van der Waals surface area contributed by atoms with E-state index in [9.17, 15) is 4.39 Å². The van der Waals surface area contributed by atoms with Gasteiger partial charge in [-0.3, -0.25) is 0 Å². The molecule has 0 aromatic heterocycles. The average Bonchev–Trinajstić information content (AvgIpc) is 2.58. The normalized spacial score (nSPS) is 13.9. The summed E-state index contributed by atoms with van der Waals surface area (Å²) in [4.78, 5) is 2.11. The Labute approximate surface area is 129 Å². The van der Waals surface area contributed by atoms with Gasteiger partial charge >= 0.3 is 0 Å². The van der Waals surface area contributed by atoms with Gasteiger partial charge in [0.2, 0.25) is 0 Å². The molecule has 0 fully saturated rings. The molecule has 3 rings (SSSR count). The first kappa shape index (κ1) is 14.4. The second-order valence-electron chi connectivity index (χ2n) is 4.99. The van der Waals surface area contributed by atoms with E-state index in [1.165, 1.54) is 6.07 Å². The standard InChI is InChI=1S/C18H17FN2O/c19-17-5-1-2-6-18(17)22-16-9-7-15(8-10-16)21-11-3-4-14(12-20)13-21/h1-10,13H,11-12,20H2.